The Bertz CT molecular complexity index is 322. The molecule has 1 rings (SSSR count). The van der Waals surface area contributed by atoms with Gasteiger partial charge in [-0.2, -0.15) is 0 Å². The zero-order valence-corrected chi connectivity index (χ0v) is 10.6. The molecule has 3 heteroatoms. The van der Waals surface area contributed by atoms with Crippen molar-refractivity contribution in [2.45, 2.75) is 34.2 Å². The molecular formula is C13H21NO2. The number of likely N-dealkylation sites (N-methyl/N-ethyl adjacent to an activating group) is 1. The van der Waals surface area contributed by atoms with Crippen LogP contribution in [0.5, 0.6) is 0 Å². The summed E-state index contributed by atoms with van der Waals surface area (Å²) in [4.78, 5) is 14.0. The van der Waals surface area contributed by atoms with Crippen molar-refractivity contribution in [3.05, 3.63) is 24.2 Å². The fourth-order valence-corrected chi connectivity index (χ4v) is 1.34. The van der Waals surface area contributed by atoms with Crippen LogP contribution in [0.2, 0.25) is 0 Å². The van der Waals surface area contributed by atoms with Crippen LogP contribution in [0.15, 0.2) is 22.8 Å². The summed E-state index contributed by atoms with van der Waals surface area (Å²) in [5.41, 5.74) is -0.267. The second-order valence-electron chi connectivity index (χ2n) is 5.06. The van der Waals surface area contributed by atoms with E-state index in [1.165, 1.54) is 0 Å². The van der Waals surface area contributed by atoms with Crippen molar-refractivity contribution in [2.24, 2.45) is 5.41 Å². The van der Waals surface area contributed by atoms with E-state index >= 15 is 0 Å². The van der Waals surface area contributed by atoms with Crippen LogP contribution in [0, 0.1) is 5.41 Å². The molecular weight excluding hydrogens is 202 g/mol. The summed E-state index contributed by atoms with van der Waals surface area (Å²) in [6.45, 7) is 9.95. The first-order valence-corrected chi connectivity index (χ1v) is 5.71. The average molecular weight is 223 g/mol. The molecule has 0 fully saturated rings. The van der Waals surface area contributed by atoms with Gasteiger partial charge in [-0.05, 0) is 18.7 Å². The van der Waals surface area contributed by atoms with Gasteiger partial charge >= 0.3 is 0 Å². The van der Waals surface area contributed by atoms with E-state index in [-0.39, 0.29) is 11.2 Å². The third-order valence-corrected chi connectivity index (χ3v) is 2.61. The van der Waals surface area contributed by atoms with Crippen LogP contribution in [-0.2, 0) is 11.3 Å². The molecule has 1 aromatic rings. The normalized spacial score (nSPS) is 12.1. The summed E-state index contributed by atoms with van der Waals surface area (Å²) in [6, 6.07) is 3.80. The first-order valence-electron chi connectivity index (χ1n) is 5.71. The van der Waals surface area contributed by atoms with Crippen molar-refractivity contribution >= 4 is 5.78 Å². The van der Waals surface area contributed by atoms with E-state index < -0.39 is 0 Å². The second-order valence-corrected chi connectivity index (χ2v) is 5.06. The third-order valence-electron chi connectivity index (χ3n) is 2.61. The van der Waals surface area contributed by atoms with Crippen LogP contribution in [0.3, 0.4) is 0 Å². The van der Waals surface area contributed by atoms with Crippen molar-refractivity contribution in [3.63, 3.8) is 0 Å². The molecule has 0 spiro atoms. The van der Waals surface area contributed by atoms with Gasteiger partial charge in [-0.25, -0.2) is 0 Å². The van der Waals surface area contributed by atoms with E-state index in [9.17, 15) is 4.79 Å². The monoisotopic (exact) mass is 223 g/mol. The number of ketones is 1. The molecule has 0 N–H and O–H groups in total. The van der Waals surface area contributed by atoms with Crippen molar-refractivity contribution in [2.75, 3.05) is 13.1 Å². The Morgan fingerprint density at radius 3 is 2.56 bits per heavy atom. The lowest BCUT2D eigenvalue weighted by Crippen LogP contribution is -2.35. The predicted octanol–water partition coefficient (Wildman–Crippen LogP) is 2.72. The van der Waals surface area contributed by atoms with Crippen LogP contribution in [0.25, 0.3) is 0 Å². The maximum atomic E-state index is 11.9. The van der Waals surface area contributed by atoms with Crippen molar-refractivity contribution in [3.8, 4) is 0 Å². The number of furan rings is 1. The fourth-order valence-electron chi connectivity index (χ4n) is 1.34. The van der Waals surface area contributed by atoms with Crippen LogP contribution >= 0.6 is 0 Å². The molecule has 0 radical (unpaired) electrons. The quantitative estimate of drug-likeness (QED) is 0.769. The minimum absolute atomic E-state index is 0.265. The van der Waals surface area contributed by atoms with Gasteiger partial charge in [0.2, 0.25) is 0 Å². The minimum Gasteiger partial charge on any atom is -0.468 e. The van der Waals surface area contributed by atoms with Gasteiger partial charge in [-0.1, -0.05) is 27.7 Å². The number of hydrogen-bond acceptors (Lipinski definition) is 3. The van der Waals surface area contributed by atoms with Gasteiger partial charge in [0.15, 0.2) is 5.78 Å². The van der Waals surface area contributed by atoms with Crippen LogP contribution < -0.4 is 0 Å². The van der Waals surface area contributed by atoms with Gasteiger partial charge in [-0.3, -0.25) is 9.69 Å². The van der Waals surface area contributed by atoms with Crippen LogP contribution in [0.4, 0.5) is 0 Å². The standard InChI is InChI=1S/C13H21NO2/c1-5-14(9-11-7-6-8-16-11)10-12(15)13(2,3)4/h6-8H,5,9-10H2,1-4H3. The number of carbonyl (C=O) groups is 1. The number of carbonyl (C=O) groups excluding carboxylic acids is 1. The smallest absolute Gasteiger partial charge is 0.152 e. The van der Waals surface area contributed by atoms with Gasteiger partial charge in [0.1, 0.15) is 5.76 Å². The van der Waals surface area contributed by atoms with E-state index in [0.29, 0.717) is 13.1 Å². The third kappa shape index (κ3) is 3.81. The van der Waals surface area contributed by atoms with Crippen molar-refractivity contribution < 1.29 is 9.21 Å². The van der Waals surface area contributed by atoms with Crippen molar-refractivity contribution in [1.82, 2.24) is 4.90 Å². The lowest BCUT2D eigenvalue weighted by molar-refractivity contribution is -0.127. The molecule has 1 aromatic heterocycles. The molecule has 0 amide bonds. The summed E-state index contributed by atoms with van der Waals surface area (Å²) in [7, 11) is 0. The molecule has 3 nitrogen and oxygen atoms in total. The number of hydrogen-bond donors (Lipinski definition) is 0. The van der Waals surface area contributed by atoms with E-state index in [1.54, 1.807) is 6.26 Å². The summed E-state index contributed by atoms with van der Waals surface area (Å²) in [6.07, 6.45) is 1.66. The molecule has 0 saturated heterocycles. The summed E-state index contributed by atoms with van der Waals surface area (Å²) in [5.74, 6) is 1.17. The molecule has 0 atom stereocenters. The summed E-state index contributed by atoms with van der Waals surface area (Å²) < 4.78 is 5.28. The Kier molecular flexibility index (Phi) is 4.30. The Morgan fingerprint density at radius 2 is 2.12 bits per heavy atom. The van der Waals surface area contributed by atoms with Gasteiger partial charge in [0, 0.05) is 5.41 Å². The number of rotatable bonds is 5. The highest BCUT2D eigenvalue weighted by atomic mass is 16.3. The molecule has 0 aliphatic rings. The van der Waals surface area contributed by atoms with Crippen molar-refractivity contribution in [1.29, 1.82) is 0 Å². The molecule has 0 unspecified atom stereocenters. The first-order chi connectivity index (χ1) is 7.43. The largest absolute Gasteiger partial charge is 0.468 e. The Balaban J connectivity index is 2.53. The van der Waals surface area contributed by atoms with E-state index in [0.717, 1.165) is 12.3 Å². The highest BCUT2D eigenvalue weighted by Crippen LogP contribution is 2.16. The summed E-state index contributed by atoms with van der Waals surface area (Å²) in [5, 5.41) is 0. The van der Waals surface area contributed by atoms with Gasteiger partial charge in [-0.15, -0.1) is 0 Å². The maximum absolute atomic E-state index is 11.9. The lowest BCUT2D eigenvalue weighted by atomic mass is 9.90. The molecule has 0 saturated carbocycles. The molecule has 90 valence electrons. The van der Waals surface area contributed by atoms with Gasteiger partial charge < -0.3 is 4.42 Å². The Hall–Kier alpha value is -1.09. The van der Waals surface area contributed by atoms with E-state index in [1.807, 2.05) is 32.9 Å². The topological polar surface area (TPSA) is 33.5 Å². The zero-order valence-electron chi connectivity index (χ0n) is 10.6. The maximum Gasteiger partial charge on any atom is 0.152 e. The van der Waals surface area contributed by atoms with E-state index in [2.05, 4.69) is 11.8 Å². The fraction of sp³-hybridized carbons (Fsp3) is 0.615. The molecule has 0 aliphatic heterocycles. The molecule has 0 aliphatic carbocycles. The highest BCUT2D eigenvalue weighted by Gasteiger charge is 2.23. The molecule has 0 aromatic carbocycles. The van der Waals surface area contributed by atoms with E-state index in [4.69, 9.17) is 4.42 Å². The highest BCUT2D eigenvalue weighted by molar-refractivity contribution is 5.85. The number of nitrogens with zero attached hydrogens (tertiary/aromatic N) is 1. The Morgan fingerprint density at radius 1 is 1.44 bits per heavy atom. The minimum atomic E-state index is -0.267. The number of Topliss-reactive ketones (excluding diaryl/α,β-unsaturated/α-hetero) is 1. The predicted molar refractivity (Wildman–Crippen MR) is 64.1 cm³/mol. The Labute approximate surface area is 97.4 Å². The molecule has 16 heavy (non-hydrogen) atoms. The van der Waals surface area contributed by atoms with Gasteiger partial charge in [0.25, 0.3) is 0 Å². The summed E-state index contributed by atoms with van der Waals surface area (Å²) >= 11 is 0. The van der Waals surface area contributed by atoms with Gasteiger partial charge in [0.05, 0.1) is 19.4 Å². The average Bonchev–Trinajstić information content (AvgIpc) is 2.67. The van der Waals surface area contributed by atoms with Crippen LogP contribution in [-0.4, -0.2) is 23.8 Å². The molecule has 1 heterocycles. The van der Waals surface area contributed by atoms with Crippen LogP contribution in [0.1, 0.15) is 33.5 Å². The first kappa shape index (κ1) is 13.0. The molecule has 0 bridgehead atoms. The second kappa shape index (κ2) is 5.30. The SMILES string of the molecule is CCN(CC(=O)C(C)(C)C)Cc1ccco1. The zero-order chi connectivity index (χ0) is 12.2. The lowest BCUT2D eigenvalue weighted by Gasteiger charge is -2.23.